The average Bonchev–Trinajstić information content (AvgIpc) is 2.75. The van der Waals surface area contributed by atoms with E-state index in [1.807, 2.05) is 20.0 Å². The predicted molar refractivity (Wildman–Crippen MR) is 47.4 cm³/mol. The number of aromatic nitrogens is 2. The van der Waals surface area contributed by atoms with E-state index in [0.29, 0.717) is 12.0 Å². The maximum atomic E-state index is 11.6. The Hall–Kier alpha value is -0.990. The van der Waals surface area contributed by atoms with Crippen LogP contribution in [0.25, 0.3) is 0 Å². The number of nitrogens with zero attached hydrogens (tertiary/aromatic N) is 1. The average molecular weight is 166 g/mol. The van der Waals surface area contributed by atoms with Crippen LogP contribution in [0, 0.1) is 0 Å². The third-order valence-electron chi connectivity index (χ3n) is 2.36. The van der Waals surface area contributed by atoms with Crippen molar-refractivity contribution in [3.8, 4) is 0 Å². The van der Waals surface area contributed by atoms with Crippen LogP contribution in [0.5, 0.6) is 0 Å². The molecule has 1 aliphatic rings. The maximum absolute atomic E-state index is 11.6. The van der Waals surface area contributed by atoms with Gasteiger partial charge in [0.1, 0.15) is 0 Å². The molecular formula is C9H14N2O. The van der Waals surface area contributed by atoms with Gasteiger partial charge in [-0.05, 0) is 18.8 Å². The summed E-state index contributed by atoms with van der Waals surface area (Å²) in [6.07, 6.45) is 4.14. The molecule has 0 aliphatic heterocycles. The van der Waals surface area contributed by atoms with Crippen molar-refractivity contribution in [3.63, 3.8) is 0 Å². The van der Waals surface area contributed by atoms with Crippen molar-refractivity contribution < 1.29 is 0 Å². The van der Waals surface area contributed by atoms with Crippen LogP contribution in [0.2, 0.25) is 0 Å². The Morgan fingerprint density at radius 3 is 2.67 bits per heavy atom. The van der Waals surface area contributed by atoms with E-state index in [1.54, 1.807) is 4.68 Å². The lowest BCUT2D eigenvalue weighted by molar-refractivity contribution is 0.617. The normalized spacial score (nSPS) is 17.2. The van der Waals surface area contributed by atoms with Crippen molar-refractivity contribution in [2.24, 2.45) is 0 Å². The van der Waals surface area contributed by atoms with Crippen molar-refractivity contribution >= 4 is 0 Å². The zero-order chi connectivity index (χ0) is 8.72. The van der Waals surface area contributed by atoms with Crippen molar-refractivity contribution in [2.45, 2.75) is 38.6 Å². The van der Waals surface area contributed by atoms with E-state index in [1.165, 1.54) is 0 Å². The smallest absolute Gasteiger partial charge is 0.270 e. The lowest BCUT2D eigenvalue weighted by Gasteiger charge is -1.97. The van der Waals surface area contributed by atoms with Gasteiger partial charge >= 0.3 is 0 Å². The minimum atomic E-state index is 0.174. The van der Waals surface area contributed by atoms with Gasteiger partial charge in [0.15, 0.2) is 0 Å². The summed E-state index contributed by atoms with van der Waals surface area (Å²) in [4.78, 5) is 11.6. The molecule has 1 N–H and O–H groups in total. The molecule has 0 unspecified atom stereocenters. The highest BCUT2D eigenvalue weighted by Gasteiger charge is 2.26. The Morgan fingerprint density at radius 2 is 2.25 bits per heavy atom. The number of H-pyrrole nitrogens is 1. The van der Waals surface area contributed by atoms with E-state index in [0.717, 1.165) is 18.4 Å². The first-order chi connectivity index (χ1) is 5.70. The molecule has 12 heavy (non-hydrogen) atoms. The lowest BCUT2D eigenvalue weighted by Crippen LogP contribution is -2.18. The van der Waals surface area contributed by atoms with Gasteiger partial charge in [-0.3, -0.25) is 4.79 Å². The van der Waals surface area contributed by atoms with Gasteiger partial charge in [0, 0.05) is 11.8 Å². The molecule has 0 bridgehead atoms. The first-order valence-corrected chi connectivity index (χ1v) is 4.50. The summed E-state index contributed by atoms with van der Waals surface area (Å²) in [7, 11) is 0. The van der Waals surface area contributed by atoms with E-state index < -0.39 is 0 Å². The van der Waals surface area contributed by atoms with Crippen LogP contribution >= 0.6 is 0 Å². The van der Waals surface area contributed by atoms with Crippen LogP contribution in [-0.2, 0) is 0 Å². The summed E-state index contributed by atoms with van der Waals surface area (Å²) in [6, 6.07) is 0.463. The van der Waals surface area contributed by atoms with Crippen LogP contribution in [0.15, 0.2) is 11.0 Å². The highest BCUT2D eigenvalue weighted by Crippen LogP contribution is 2.32. The van der Waals surface area contributed by atoms with Gasteiger partial charge in [-0.15, -0.1) is 0 Å². The third kappa shape index (κ3) is 1.09. The monoisotopic (exact) mass is 166 g/mol. The number of rotatable bonds is 2. The molecule has 66 valence electrons. The van der Waals surface area contributed by atoms with Gasteiger partial charge in [0.2, 0.25) is 0 Å². The molecule has 0 amide bonds. The summed E-state index contributed by atoms with van der Waals surface area (Å²) in [5, 5.41) is 3.02. The van der Waals surface area contributed by atoms with Crippen molar-refractivity contribution in [1.29, 1.82) is 0 Å². The molecule has 1 heterocycles. The second kappa shape index (κ2) is 2.51. The van der Waals surface area contributed by atoms with Crippen LogP contribution in [0.3, 0.4) is 0 Å². The van der Waals surface area contributed by atoms with Crippen molar-refractivity contribution in [3.05, 3.63) is 22.1 Å². The fraction of sp³-hybridized carbons (Fsp3) is 0.667. The molecule has 1 fully saturated rings. The molecule has 0 spiro atoms. The van der Waals surface area contributed by atoms with Gasteiger partial charge in [-0.1, -0.05) is 13.8 Å². The number of hydrogen-bond donors (Lipinski definition) is 1. The Kier molecular flexibility index (Phi) is 1.60. The van der Waals surface area contributed by atoms with Gasteiger partial charge < -0.3 is 5.10 Å². The van der Waals surface area contributed by atoms with Gasteiger partial charge in [-0.2, -0.15) is 0 Å². The zero-order valence-corrected chi connectivity index (χ0v) is 7.50. The molecular weight excluding hydrogens is 152 g/mol. The zero-order valence-electron chi connectivity index (χ0n) is 7.50. The van der Waals surface area contributed by atoms with Crippen LogP contribution in [0.4, 0.5) is 0 Å². The topological polar surface area (TPSA) is 37.8 Å². The molecule has 1 aliphatic carbocycles. The van der Waals surface area contributed by atoms with E-state index in [9.17, 15) is 4.79 Å². The van der Waals surface area contributed by atoms with Crippen molar-refractivity contribution in [1.82, 2.24) is 9.78 Å². The maximum Gasteiger partial charge on any atom is 0.270 e. The standard InChI is InChI=1S/C9H14N2O/c1-6(2)8-5-10-11(9(8)12)7-3-4-7/h5-7,10H,3-4H2,1-2H3. The quantitative estimate of drug-likeness (QED) is 0.712. The fourth-order valence-electron chi connectivity index (χ4n) is 1.42. The minimum absolute atomic E-state index is 0.174. The second-order valence-electron chi connectivity index (χ2n) is 3.79. The van der Waals surface area contributed by atoms with Crippen LogP contribution in [-0.4, -0.2) is 9.78 Å². The predicted octanol–water partition coefficient (Wildman–Crippen LogP) is 1.63. The van der Waals surface area contributed by atoms with E-state index in [2.05, 4.69) is 5.10 Å². The van der Waals surface area contributed by atoms with Crippen LogP contribution < -0.4 is 5.56 Å². The van der Waals surface area contributed by atoms with E-state index >= 15 is 0 Å². The second-order valence-corrected chi connectivity index (χ2v) is 3.79. The first-order valence-electron chi connectivity index (χ1n) is 4.50. The molecule has 0 aromatic carbocycles. The first kappa shape index (κ1) is 7.65. The van der Waals surface area contributed by atoms with Crippen LogP contribution in [0.1, 0.15) is 44.2 Å². The highest BCUT2D eigenvalue weighted by molar-refractivity contribution is 5.10. The molecule has 2 rings (SSSR count). The number of nitrogens with one attached hydrogen (secondary N) is 1. The SMILES string of the molecule is CC(C)c1c[nH]n(C2CC2)c1=O. The number of hydrogen-bond acceptors (Lipinski definition) is 1. The lowest BCUT2D eigenvalue weighted by atomic mass is 10.1. The van der Waals surface area contributed by atoms with Gasteiger partial charge in [-0.25, -0.2) is 4.68 Å². The molecule has 3 heteroatoms. The summed E-state index contributed by atoms with van der Waals surface area (Å²) in [5.74, 6) is 0.328. The Morgan fingerprint density at radius 1 is 1.58 bits per heavy atom. The van der Waals surface area contributed by atoms with Gasteiger partial charge in [0.05, 0.1) is 6.04 Å². The number of aromatic amines is 1. The Labute approximate surface area is 71.4 Å². The third-order valence-corrected chi connectivity index (χ3v) is 2.36. The summed E-state index contributed by atoms with van der Waals surface area (Å²) < 4.78 is 1.76. The molecule has 0 atom stereocenters. The molecule has 0 radical (unpaired) electrons. The summed E-state index contributed by atoms with van der Waals surface area (Å²) in [6.45, 7) is 4.09. The molecule has 1 aromatic rings. The molecule has 1 aromatic heterocycles. The van der Waals surface area contributed by atoms with Crippen molar-refractivity contribution in [2.75, 3.05) is 0 Å². The highest BCUT2D eigenvalue weighted by atomic mass is 16.1. The molecule has 1 saturated carbocycles. The minimum Gasteiger partial charge on any atom is -0.302 e. The van der Waals surface area contributed by atoms with Gasteiger partial charge in [0.25, 0.3) is 5.56 Å². The Bertz CT molecular complexity index is 308. The summed E-state index contributed by atoms with van der Waals surface area (Å²) >= 11 is 0. The summed E-state index contributed by atoms with van der Waals surface area (Å²) in [5.41, 5.74) is 1.08. The molecule has 0 saturated heterocycles. The Balaban J connectivity index is 2.40. The fourth-order valence-corrected chi connectivity index (χ4v) is 1.42. The largest absolute Gasteiger partial charge is 0.302 e. The van der Waals surface area contributed by atoms with E-state index in [-0.39, 0.29) is 5.56 Å². The molecule has 3 nitrogen and oxygen atoms in total. The van der Waals surface area contributed by atoms with E-state index in [4.69, 9.17) is 0 Å².